The van der Waals surface area contributed by atoms with Crippen LogP contribution in [0.5, 0.6) is 0 Å². The van der Waals surface area contributed by atoms with E-state index in [-0.39, 0.29) is 17.2 Å². The third-order valence-electron chi connectivity index (χ3n) is 3.31. The lowest BCUT2D eigenvalue weighted by Crippen LogP contribution is -2.24. The number of aryl methyl sites for hydroxylation is 1. The van der Waals surface area contributed by atoms with Crippen LogP contribution in [0.2, 0.25) is 0 Å². The molecule has 1 unspecified atom stereocenters. The third-order valence-corrected chi connectivity index (χ3v) is 3.31. The molecule has 0 saturated heterocycles. The van der Waals surface area contributed by atoms with Gasteiger partial charge in [-0.25, -0.2) is 9.07 Å². The van der Waals surface area contributed by atoms with Gasteiger partial charge >= 0.3 is 0 Å². The van der Waals surface area contributed by atoms with Gasteiger partial charge < -0.3 is 0 Å². The van der Waals surface area contributed by atoms with Crippen LogP contribution in [-0.2, 0) is 0 Å². The van der Waals surface area contributed by atoms with E-state index in [9.17, 15) is 14.0 Å². The molecule has 21 heavy (non-hydrogen) atoms. The molecule has 4 nitrogen and oxygen atoms in total. The minimum atomic E-state index is -0.420. The Morgan fingerprint density at radius 1 is 1.33 bits per heavy atom. The number of carbonyl (C=O) groups excluding carboxylic acids is 1. The maximum Gasteiger partial charge on any atom is 0.278 e. The Kier molecular flexibility index (Phi) is 4.21. The number of hydrogen-bond acceptors (Lipinski definition) is 2. The highest BCUT2D eigenvalue weighted by Gasteiger charge is 2.21. The van der Waals surface area contributed by atoms with Gasteiger partial charge in [0.25, 0.3) is 5.56 Å². The summed E-state index contributed by atoms with van der Waals surface area (Å²) in [6.07, 6.45) is 3.69. The molecule has 0 aliphatic carbocycles. The quantitative estimate of drug-likeness (QED) is 0.694. The van der Waals surface area contributed by atoms with E-state index in [4.69, 9.17) is 0 Å². The number of H-pyrrole nitrogens is 1. The molecular weight excluding hydrogens is 271 g/mol. The molecule has 0 saturated carbocycles. The van der Waals surface area contributed by atoms with Gasteiger partial charge in [-0.15, -0.1) is 0 Å². The Balaban J connectivity index is 2.47. The summed E-state index contributed by atoms with van der Waals surface area (Å²) >= 11 is 0. The smallest absolute Gasteiger partial charge is 0.278 e. The predicted molar refractivity (Wildman–Crippen MR) is 79.1 cm³/mol. The van der Waals surface area contributed by atoms with Gasteiger partial charge in [0, 0.05) is 11.3 Å². The van der Waals surface area contributed by atoms with Crippen molar-refractivity contribution in [1.29, 1.82) is 0 Å². The molecule has 0 amide bonds. The molecule has 5 heteroatoms. The van der Waals surface area contributed by atoms with E-state index in [1.807, 2.05) is 26.0 Å². The molecule has 1 atom stereocenters. The van der Waals surface area contributed by atoms with Gasteiger partial charge in [0.1, 0.15) is 11.4 Å². The molecule has 1 N–H and O–H groups in total. The van der Waals surface area contributed by atoms with Crippen molar-refractivity contribution in [2.24, 2.45) is 0 Å². The second kappa shape index (κ2) is 5.91. The van der Waals surface area contributed by atoms with Crippen molar-refractivity contribution in [3.8, 4) is 0 Å². The number of ketones is 1. The molecule has 1 heterocycles. The van der Waals surface area contributed by atoms with Crippen molar-refractivity contribution in [2.45, 2.75) is 26.8 Å². The van der Waals surface area contributed by atoms with Crippen molar-refractivity contribution < 1.29 is 9.18 Å². The van der Waals surface area contributed by atoms with Gasteiger partial charge in [0.05, 0.1) is 6.04 Å². The van der Waals surface area contributed by atoms with Gasteiger partial charge in [-0.2, -0.15) is 0 Å². The molecule has 0 fully saturated rings. The van der Waals surface area contributed by atoms with E-state index in [1.54, 1.807) is 6.92 Å². The minimum Gasteiger partial charge on any atom is -0.299 e. The molecule has 2 aromatic rings. The Hall–Kier alpha value is -2.43. The fraction of sp³-hybridized carbons (Fsp3) is 0.250. The van der Waals surface area contributed by atoms with E-state index in [0.717, 1.165) is 0 Å². The van der Waals surface area contributed by atoms with Gasteiger partial charge in [0.15, 0.2) is 5.78 Å². The molecular formula is C16H17FN2O2. The van der Waals surface area contributed by atoms with Crippen LogP contribution in [0.15, 0.2) is 41.2 Å². The number of hydrogen-bond donors (Lipinski definition) is 1. The first-order chi connectivity index (χ1) is 9.95. The van der Waals surface area contributed by atoms with E-state index in [0.29, 0.717) is 11.3 Å². The number of carbonyl (C=O) groups is 1. The maximum absolute atomic E-state index is 12.9. The van der Waals surface area contributed by atoms with Crippen LogP contribution in [0.3, 0.4) is 0 Å². The number of aromatic amines is 1. The Morgan fingerprint density at radius 2 is 1.95 bits per heavy atom. The topological polar surface area (TPSA) is 54.9 Å². The summed E-state index contributed by atoms with van der Waals surface area (Å²) in [5, 5.41) is 2.92. The van der Waals surface area contributed by atoms with Crippen LogP contribution in [0.4, 0.5) is 4.39 Å². The second-order valence-corrected chi connectivity index (χ2v) is 4.89. The Labute approximate surface area is 121 Å². The summed E-state index contributed by atoms with van der Waals surface area (Å²) in [4.78, 5) is 24.8. The van der Waals surface area contributed by atoms with Crippen molar-refractivity contribution in [3.63, 3.8) is 0 Å². The standard InChI is InChI=1S/C16H17FN2O2/c1-4-5-10(2)19-16(21)14(11(3)18-19)15(20)12-6-8-13(17)9-7-12/h4-10,18H,1-3H3. The number of benzene rings is 1. The number of halogens is 1. The monoisotopic (exact) mass is 288 g/mol. The molecule has 1 aromatic heterocycles. The summed E-state index contributed by atoms with van der Waals surface area (Å²) in [5.74, 6) is -0.823. The minimum absolute atomic E-state index is 0.0953. The van der Waals surface area contributed by atoms with Crippen molar-refractivity contribution in [1.82, 2.24) is 9.78 Å². The lowest BCUT2D eigenvalue weighted by Gasteiger charge is -2.06. The fourth-order valence-corrected chi connectivity index (χ4v) is 2.23. The highest BCUT2D eigenvalue weighted by Crippen LogP contribution is 2.12. The normalized spacial score (nSPS) is 12.8. The van der Waals surface area contributed by atoms with Crippen LogP contribution >= 0.6 is 0 Å². The molecule has 2 rings (SSSR count). The summed E-state index contributed by atoms with van der Waals surface area (Å²) in [5.41, 5.74) is 0.525. The number of aromatic nitrogens is 2. The number of nitrogens with one attached hydrogen (secondary N) is 1. The van der Waals surface area contributed by atoms with E-state index in [1.165, 1.54) is 28.9 Å². The zero-order valence-corrected chi connectivity index (χ0v) is 12.2. The zero-order chi connectivity index (χ0) is 15.6. The predicted octanol–water partition coefficient (Wildman–Crippen LogP) is 2.99. The lowest BCUT2D eigenvalue weighted by atomic mass is 10.0. The van der Waals surface area contributed by atoms with Gasteiger partial charge in [-0.05, 0) is 45.0 Å². The molecule has 0 aliphatic rings. The van der Waals surface area contributed by atoms with Gasteiger partial charge in [0.2, 0.25) is 0 Å². The first-order valence-electron chi connectivity index (χ1n) is 6.70. The van der Waals surface area contributed by atoms with Crippen LogP contribution < -0.4 is 5.56 Å². The molecule has 110 valence electrons. The van der Waals surface area contributed by atoms with Crippen LogP contribution in [-0.4, -0.2) is 15.6 Å². The second-order valence-electron chi connectivity index (χ2n) is 4.89. The summed E-state index contributed by atoms with van der Waals surface area (Å²) < 4.78 is 14.3. The Bertz CT molecular complexity index is 739. The molecule has 0 aliphatic heterocycles. The first-order valence-corrected chi connectivity index (χ1v) is 6.70. The highest BCUT2D eigenvalue weighted by molar-refractivity contribution is 6.09. The number of allylic oxidation sites excluding steroid dienone is 2. The summed E-state index contributed by atoms with van der Waals surface area (Å²) in [6, 6.07) is 5.00. The van der Waals surface area contributed by atoms with Crippen LogP contribution in [0.25, 0.3) is 0 Å². The average molecular weight is 288 g/mol. The van der Waals surface area contributed by atoms with E-state index >= 15 is 0 Å². The van der Waals surface area contributed by atoms with E-state index in [2.05, 4.69) is 5.10 Å². The molecule has 1 aromatic carbocycles. The lowest BCUT2D eigenvalue weighted by molar-refractivity contribution is 0.103. The third kappa shape index (κ3) is 2.86. The van der Waals surface area contributed by atoms with Gasteiger partial charge in [-0.1, -0.05) is 12.2 Å². The van der Waals surface area contributed by atoms with Crippen molar-refractivity contribution in [2.75, 3.05) is 0 Å². The number of rotatable bonds is 4. The van der Waals surface area contributed by atoms with Crippen LogP contribution in [0, 0.1) is 12.7 Å². The average Bonchev–Trinajstić information content (AvgIpc) is 2.74. The molecule has 0 radical (unpaired) electrons. The zero-order valence-electron chi connectivity index (χ0n) is 12.2. The largest absolute Gasteiger partial charge is 0.299 e. The summed E-state index contributed by atoms with van der Waals surface area (Å²) in [7, 11) is 0. The van der Waals surface area contributed by atoms with Crippen molar-refractivity contribution >= 4 is 5.78 Å². The first kappa shape index (κ1) is 15.0. The molecule has 0 bridgehead atoms. The Morgan fingerprint density at radius 3 is 2.52 bits per heavy atom. The van der Waals surface area contributed by atoms with E-state index < -0.39 is 11.6 Å². The highest BCUT2D eigenvalue weighted by atomic mass is 19.1. The maximum atomic E-state index is 12.9. The summed E-state index contributed by atoms with van der Waals surface area (Å²) in [6.45, 7) is 5.39. The fourth-order valence-electron chi connectivity index (χ4n) is 2.23. The molecule has 0 spiro atoms. The number of nitrogens with zero attached hydrogens (tertiary/aromatic N) is 1. The van der Waals surface area contributed by atoms with Crippen molar-refractivity contribution in [3.05, 3.63) is 69.4 Å². The van der Waals surface area contributed by atoms with Gasteiger partial charge in [-0.3, -0.25) is 14.7 Å². The SMILES string of the molecule is CC=CC(C)n1[nH]c(C)c(C(=O)c2ccc(F)cc2)c1=O. The van der Waals surface area contributed by atoms with Crippen LogP contribution in [0.1, 0.15) is 41.5 Å².